The van der Waals surface area contributed by atoms with Crippen LogP contribution in [0.15, 0.2) is 0 Å². The highest BCUT2D eigenvalue weighted by molar-refractivity contribution is 7.99. The molecule has 0 amide bonds. The first-order chi connectivity index (χ1) is 9.16. The molecule has 0 aromatic carbocycles. The van der Waals surface area contributed by atoms with Gasteiger partial charge in [0.25, 0.3) is 0 Å². The maximum Gasteiger partial charge on any atom is 0.0348 e. The van der Waals surface area contributed by atoms with Gasteiger partial charge in [-0.3, -0.25) is 9.80 Å². The fourth-order valence-corrected chi connectivity index (χ4v) is 4.44. The summed E-state index contributed by atoms with van der Waals surface area (Å²) in [6.07, 6.45) is 2.57. The molecule has 5 heteroatoms. The van der Waals surface area contributed by atoms with E-state index in [1.165, 1.54) is 63.6 Å². The summed E-state index contributed by atoms with van der Waals surface area (Å²) in [5.74, 6) is 2.58. The SMILES string of the molecule is CN(C)CCN1CCN(C2(CN)CCSCC2)CC1. The van der Waals surface area contributed by atoms with Crippen LogP contribution in [0.5, 0.6) is 0 Å². The number of likely N-dealkylation sites (N-methyl/N-ethyl adjacent to an activating group) is 1. The van der Waals surface area contributed by atoms with Gasteiger partial charge in [-0.2, -0.15) is 11.8 Å². The minimum atomic E-state index is 0.318. The van der Waals surface area contributed by atoms with Crippen molar-refractivity contribution in [3.8, 4) is 0 Å². The Labute approximate surface area is 122 Å². The Hall–Kier alpha value is 0.190. The third-order valence-electron chi connectivity index (χ3n) is 4.71. The fourth-order valence-electron chi connectivity index (χ4n) is 3.19. The molecule has 0 unspecified atom stereocenters. The van der Waals surface area contributed by atoms with Crippen LogP contribution < -0.4 is 5.73 Å². The van der Waals surface area contributed by atoms with Crippen molar-refractivity contribution in [2.75, 3.05) is 71.4 Å². The van der Waals surface area contributed by atoms with E-state index in [9.17, 15) is 0 Å². The van der Waals surface area contributed by atoms with Crippen LogP contribution in [0.2, 0.25) is 0 Å². The molecular weight excluding hydrogens is 256 g/mol. The average molecular weight is 286 g/mol. The van der Waals surface area contributed by atoms with Crippen molar-refractivity contribution in [3.05, 3.63) is 0 Å². The van der Waals surface area contributed by atoms with Gasteiger partial charge in [0.1, 0.15) is 0 Å². The van der Waals surface area contributed by atoms with E-state index in [-0.39, 0.29) is 0 Å². The van der Waals surface area contributed by atoms with Crippen LogP contribution >= 0.6 is 11.8 Å². The molecule has 19 heavy (non-hydrogen) atoms. The summed E-state index contributed by atoms with van der Waals surface area (Å²) in [5.41, 5.74) is 6.45. The lowest BCUT2D eigenvalue weighted by molar-refractivity contribution is 0.0290. The second kappa shape index (κ2) is 7.27. The van der Waals surface area contributed by atoms with E-state index in [4.69, 9.17) is 5.73 Å². The molecule has 0 spiro atoms. The molecule has 2 heterocycles. The highest BCUT2D eigenvalue weighted by Gasteiger charge is 2.38. The first-order valence-corrected chi connectivity index (χ1v) is 8.72. The Morgan fingerprint density at radius 2 is 1.74 bits per heavy atom. The van der Waals surface area contributed by atoms with E-state index in [2.05, 4.69) is 40.6 Å². The van der Waals surface area contributed by atoms with Crippen molar-refractivity contribution in [1.29, 1.82) is 0 Å². The molecule has 0 aromatic heterocycles. The topological polar surface area (TPSA) is 35.7 Å². The van der Waals surface area contributed by atoms with Gasteiger partial charge in [-0.05, 0) is 38.4 Å². The lowest BCUT2D eigenvalue weighted by Crippen LogP contribution is -2.61. The standard InChI is InChI=1S/C14H30N4S/c1-16(2)5-6-17-7-9-18(10-8-17)14(13-15)3-11-19-12-4-14/h3-13,15H2,1-2H3. The van der Waals surface area contributed by atoms with Crippen LogP contribution in [-0.4, -0.2) is 91.7 Å². The zero-order valence-corrected chi connectivity index (χ0v) is 13.4. The number of nitrogens with two attached hydrogens (primary N) is 1. The normalized spacial score (nSPS) is 25.9. The first-order valence-electron chi connectivity index (χ1n) is 7.56. The van der Waals surface area contributed by atoms with Crippen molar-refractivity contribution in [1.82, 2.24) is 14.7 Å². The number of hydrogen-bond acceptors (Lipinski definition) is 5. The average Bonchev–Trinajstić information content (AvgIpc) is 2.46. The van der Waals surface area contributed by atoms with Crippen molar-refractivity contribution in [3.63, 3.8) is 0 Å². The van der Waals surface area contributed by atoms with Gasteiger partial charge in [-0.1, -0.05) is 0 Å². The van der Waals surface area contributed by atoms with E-state index >= 15 is 0 Å². The largest absolute Gasteiger partial charge is 0.329 e. The van der Waals surface area contributed by atoms with Crippen molar-refractivity contribution in [2.45, 2.75) is 18.4 Å². The molecule has 112 valence electrons. The van der Waals surface area contributed by atoms with E-state index in [1.807, 2.05) is 0 Å². The second-order valence-electron chi connectivity index (χ2n) is 6.17. The second-order valence-corrected chi connectivity index (χ2v) is 7.40. The van der Waals surface area contributed by atoms with Crippen molar-refractivity contribution >= 4 is 11.8 Å². The number of nitrogens with zero attached hydrogens (tertiary/aromatic N) is 3. The summed E-state index contributed by atoms with van der Waals surface area (Å²) in [6, 6.07) is 0. The van der Waals surface area contributed by atoms with Crippen LogP contribution in [0.25, 0.3) is 0 Å². The molecule has 2 aliphatic heterocycles. The van der Waals surface area contributed by atoms with E-state index in [0.717, 1.165) is 6.54 Å². The molecule has 0 radical (unpaired) electrons. The van der Waals surface area contributed by atoms with E-state index in [1.54, 1.807) is 0 Å². The lowest BCUT2D eigenvalue weighted by Gasteiger charge is -2.49. The maximum atomic E-state index is 6.13. The third kappa shape index (κ3) is 4.08. The van der Waals surface area contributed by atoms with Gasteiger partial charge < -0.3 is 10.6 Å². The molecule has 0 bridgehead atoms. The van der Waals surface area contributed by atoms with E-state index < -0.39 is 0 Å². The number of hydrogen-bond donors (Lipinski definition) is 1. The van der Waals surface area contributed by atoms with Gasteiger partial charge in [0.05, 0.1) is 0 Å². The predicted molar refractivity (Wildman–Crippen MR) is 84.9 cm³/mol. The Kier molecular flexibility index (Phi) is 5.96. The van der Waals surface area contributed by atoms with Crippen molar-refractivity contribution < 1.29 is 0 Å². The summed E-state index contributed by atoms with van der Waals surface area (Å²) in [7, 11) is 4.30. The van der Waals surface area contributed by atoms with Crippen molar-refractivity contribution in [2.24, 2.45) is 5.73 Å². The highest BCUT2D eigenvalue weighted by Crippen LogP contribution is 2.32. The molecular formula is C14H30N4S. The Morgan fingerprint density at radius 1 is 1.11 bits per heavy atom. The Balaban J connectivity index is 1.81. The zero-order chi connectivity index (χ0) is 13.7. The predicted octanol–water partition coefficient (Wildman–Crippen LogP) is 0.390. The van der Waals surface area contributed by atoms with Crippen LogP contribution in [0, 0.1) is 0 Å². The molecule has 2 saturated heterocycles. The first kappa shape index (κ1) is 15.6. The highest BCUT2D eigenvalue weighted by atomic mass is 32.2. The number of rotatable bonds is 5. The summed E-state index contributed by atoms with van der Waals surface area (Å²) < 4.78 is 0. The molecule has 0 aromatic rings. The van der Waals surface area contributed by atoms with Gasteiger partial charge in [-0.25, -0.2) is 0 Å². The van der Waals surface area contributed by atoms with Crippen LogP contribution in [-0.2, 0) is 0 Å². The molecule has 4 nitrogen and oxygen atoms in total. The molecule has 0 aliphatic carbocycles. The van der Waals surface area contributed by atoms with Gasteiger partial charge in [-0.15, -0.1) is 0 Å². The molecule has 2 rings (SSSR count). The minimum Gasteiger partial charge on any atom is -0.329 e. The van der Waals surface area contributed by atoms with Gasteiger partial charge in [0, 0.05) is 51.4 Å². The summed E-state index contributed by atoms with van der Waals surface area (Å²) >= 11 is 2.09. The van der Waals surface area contributed by atoms with Gasteiger partial charge in [0.2, 0.25) is 0 Å². The summed E-state index contributed by atoms with van der Waals surface area (Å²) in [5, 5.41) is 0. The monoisotopic (exact) mass is 286 g/mol. The smallest absolute Gasteiger partial charge is 0.0348 e. The van der Waals surface area contributed by atoms with Crippen LogP contribution in [0.4, 0.5) is 0 Å². The van der Waals surface area contributed by atoms with Gasteiger partial charge >= 0.3 is 0 Å². The van der Waals surface area contributed by atoms with Crippen LogP contribution in [0.1, 0.15) is 12.8 Å². The lowest BCUT2D eigenvalue weighted by atomic mass is 9.89. The van der Waals surface area contributed by atoms with E-state index in [0.29, 0.717) is 5.54 Å². The number of piperazine rings is 1. The zero-order valence-electron chi connectivity index (χ0n) is 12.6. The molecule has 2 aliphatic rings. The Bertz CT molecular complexity index is 258. The van der Waals surface area contributed by atoms with Gasteiger partial charge in [0.15, 0.2) is 0 Å². The minimum absolute atomic E-state index is 0.318. The molecule has 2 N–H and O–H groups in total. The van der Waals surface area contributed by atoms with Crippen LogP contribution in [0.3, 0.4) is 0 Å². The molecule has 0 saturated carbocycles. The summed E-state index contributed by atoms with van der Waals surface area (Å²) in [4.78, 5) is 7.56. The molecule has 0 atom stereocenters. The number of thioether (sulfide) groups is 1. The fraction of sp³-hybridized carbons (Fsp3) is 1.00. The maximum absolute atomic E-state index is 6.13. The summed E-state index contributed by atoms with van der Waals surface area (Å²) in [6.45, 7) is 8.03. The Morgan fingerprint density at radius 3 is 2.26 bits per heavy atom. The molecule has 2 fully saturated rings. The quantitative estimate of drug-likeness (QED) is 0.791. The third-order valence-corrected chi connectivity index (χ3v) is 5.70.